The molecule has 0 unspecified atom stereocenters. The predicted molar refractivity (Wildman–Crippen MR) is 81.0 cm³/mol. The number of rotatable bonds is 5. The quantitative estimate of drug-likeness (QED) is 0.906. The van der Waals surface area contributed by atoms with Crippen LogP contribution in [-0.2, 0) is 17.8 Å². The Balaban J connectivity index is 1.55. The first-order valence-corrected chi connectivity index (χ1v) is 7.34. The highest BCUT2D eigenvalue weighted by Gasteiger charge is 2.14. The van der Waals surface area contributed by atoms with E-state index in [1.165, 1.54) is 0 Å². The minimum absolute atomic E-state index is 0.00991. The summed E-state index contributed by atoms with van der Waals surface area (Å²) in [5.74, 6) is 1.44. The van der Waals surface area contributed by atoms with Crippen molar-refractivity contribution >= 4 is 5.91 Å². The number of nitrogens with one attached hydrogen (secondary N) is 1. The van der Waals surface area contributed by atoms with Crippen LogP contribution in [0.4, 0.5) is 0 Å². The van der Waals surface area contributed by atoms with Crippen molar-refractivity contribution in [3.8, 4) is 11.5 Å². The highest BCUT2D eigenvalue weighted by atomic mass is 16.6. The fourth-order valence-electron chi connectivity index (χ4n) is 2.47. The Labute approximate surface area is 129 Å². The van der Waals surface area contributed by atoms with E-state index >= 15 is 0 Å². The average molecular weight is 301 g/mol. The first-order valence-electron chi connectivity index (χ1n) is 7.34. The summed E-state index contributed by atoms with van der Waals surface area (Å²) < 4.78 is 12.9. The van der Waals surface area contributed by atoms with Crippen molar-refractivity contribution in [3.63, 3.8) is 0 Å². The fraction of sp³-hybridized carbons (Fsp3) is 0.375. The summed E-state index contributed by atoms with van der Waals surface area (Å²) >= 11 is 0. The largest absolute Gasteiger partial charge is 0.486 e. The fourth-order valence-corrected chi connectivity index (χ4v) is 2.47. The number of benzene rings is 1. The van der Waals surface area contributed by atoms with Crippen LogP contribution in [0.2, 0.25) is 0 Å². The van der Waals surface area contributed by atoms with E-state index in [0.29, 0.717) is 31.9 Å². The molecule has 0 bridgehead atoms. The van der Waals surface area contributed by atoms with Crippen molar-refractivity contribution in [3.05, 3.63) is 42.5 Å². The number of carbonyl (C=O) groups excluding carboxylic acids is 1. The van der Waals surface area contributed by atoms with Crippen molar-refractivity contribution < 1.29 is 14.3 Å². The molecule has 6 nitrogen and oxygen atoms in total. The smallest absolute Gasteiger partial charge is 0.224 e. The molecule has 0 saturated heterocycles. The zero-order valence-electron chi connectivity index (χ0n) is 12.5. The molecule has 1 amide bonds. The van der Waals surface area contributed by atoms with Gasteiger partial charge in [0.1, 0.15) is 13.2 Å². The minimum atomic E-state index is -0.00991. The SMILES string of the molecule is C[C@@H](Cn1ccnc1)NC(=O)Cc1ccc2c(c1)OCCO2. The van der Waals surface area contributed by atoms with Gasteiger partial charge < -0.3 is 19.4 Å². The number of hydrogen-bond donors (Lipinski definition) is 1. The number of ether oxygens (including phenoxy) is 2. The number of carbonyl (C=O) groups is 1. The summed E-state index contributed by atoms with van der Waals surface area (Å²) in [6.07, 6.45) is 5.67. The molecule has 0 radical (unpaired) electrons. The van der Waals surface area contributed by atoms with Crippen molar-refractivity contribution in [1.82, 2.24) is 14.9 Å². The Morgan fingerprint density at radius 1 is 1.36 bits per heavy atom. The molecule has 1 aliphatic rings. The summed E-state index contributed by atoms with van der Waals surface area (Å²) in [4.78, 5) is 16.1. The van der Waals surface area contributed by atoms with Crippen molar-refractivity contribution in [1.29, 1.82) is 0 Å². The van der Waals surface area contributed by atoms with Crippen LogP contribution in [0, 0.1) is 0 Å². The third-order valence-electron chi connectivity index (χ3n) is 3.42. The van der Waals surface area contributed by atoms with Gasteiger partial charge in [0.15, 0.2) is 11.5 Å². The van der Waals surface area contributed by atoms with Crippen LogP contribution in [0.25, 0.3) is 0 Å². The number of nitrogens with zero attached hydrogens (tertiary/aromatic N) is 2. The molecule has 116 valence electrons. The second-order valence-corrected chi connectivity index (χ2v) is 5.38. The van der Waals surface area contributed by atoms with Crippen LogP contribution in [0.15, 0.2) is 36.9 Å². The monoisotopic (exact) mass is 301 g/mol. The number of hydrogen-bond acceptors (Lipinski definition) is 4. The molecule has 1 aromatic carbocycles. The topological polar surface area (TPSA) is 65.4 Å². The van der Waals surface area contributed by atoms with E-state index in [1.807, 2.05) is 35.9 Å². The first kappa shape index (κ1) is 14.4. The summed E-state index contributed by atoms with van der Waals surface area (Å²) in [5, 5.41) is 2.99. The van der Waals surface area contributed by atoms with E-state index in [2.05, 4.69) is 10.3 Å². The van der Waals surface area contributed by atoms with E-state index in [1.54, 1.807) is 12.5 Å². The molecule has 2 aromatic rings. The lowest BCUT2D eigenvalue weighted by Crippen LogP contribution is -2.36. The predicted octanol–water partition coefficient (Wildman–Crippen LogP) is 1.40. The molecule has 0 spiro atoms. The molecule has 3 rings (SSSR count). The Bertz CT molecular complexity index is 640. The van der Waals surface area contributed by atoms with Gasteiger partial charge in [0.05, 0.1) is 12.7 Å². The second kappa shape index (κ2) is 6.51. The van der Waals surface area contributed by atoms with Gasteiger partial charge in [-0.15, -0.1) is 0 Å². The third-order valence-corrected chi connectivity index (χ3v) is 3.42. The molecule has 1 atom stereocenters. The van der Waals surface area contributed by atoms with E-state index in [-0.39, 0.29) is 11.9 Å². The number of aromatic nitrogens is 2. The van der Waals surface area contributed by atoms with E-state index in [4.69, 9.17) is 9.47 Å². The minimum Gasteiger partial charge on any atom is -0.486 e. The lowest BCUT2D eigenvalue weighted by Gasteiger charge is -2.19. The number of fused-ring (bicyclic) bond motifs is 1. The molecule has 6 heteroatoms. The lowest BCUT2D eigenvalue weighted by atomic mass is 10.1. The molecular formula is C16H19N3O3. The van der Waals surface area contributed by atoms with Gasteiger partial charge in [-0.3, -0.25) is 4.79 Å². The Hall–Kier alpha value is -2.50. The summed E-state index contributed by atoms with van der Waals surface area (Å²) in [6, 6.07) is 5.66. The molecule has 0 fully saturated rings. The van der Waals surface area contributed by atoms with E-state index < -0.39 is 0 Å². The first-order chi connectivity index (χ1) is 10.7. The maximum Gasteiger partial charge on any atom is 0.224 e. The van der Waals surface area contributed by atoms with Crippen LogP contribution in [0.1, 0.15) is 12.5 Å². The van der Waals surface area contributed by atoms with Gasteiger partial charge >= 0.3 is 0 Å². The molecule has 1 aromatic heterocycles. The summed E-state index contributed by atoms with van der Waals surface area (Å²) in [6.45, 7) is 3.79. The zero-order chi connectivity index (χ0) is 15.4. The van der Waals surface area contributed by atoms with Gasteiger partial charge in [-0.05, 0) is 24.6 Å². The highest BCUT2D eigenvalue weighted by Crippen LogP contribution is 2.30. The zero-order valence-corrected chi connectivity index (χ0v) is 12.5. The van der Waals surface area contributed by atoms with Gasteiger partial charge in [-0.1, -0.05) is 6.07 Å². The molecule has 22 heavy (non-hydrogen) atoms. The van der Waals surface area contributed by atoms with Gasteiger partial charge in [0.2, 0.25) is 5.91 Å². The molecule has 1 N–H and O–H groups in total. The standard InChI is InChI=1S/C16H19N3O3/c1-12(10-19-5-4-17-11-19)18-16(20)9-13-2-3-14-15(8-13)22-7-6-21-14/h2-5,8,11-12H,6-7,9-10H2,1H3,(H,18,20)/t12-/m0/s1. The number of imidazole rings is 1. The van der Waals surface area contributed by atoms with E-state index in [9.17, 15) is 4.79 Å². The molecule has 0 saturated carbocycles. The summed E-state index contributed by atoms with van der Waals surface area (Å²) in [7, 11) is 0. The van der Waals surface area contributed by atoms with Crippen LogP contribution in [0.3, 0.4) is 0 Å². The lowest BCUT2D eigenvalue weighted by molar-refractivity contribution is -0.121. The average Bonchev–Trinajstić information content (AvgIpc) is 2.99. The second-order valence-electron chi connectivity index (χ2n) is 5.38. The normalized spacial score (nSPS) is 14.4. The van der Waals surface area contributed by atoms with Gasteiger partial charge in [0.25, 0.3) is 0 Å². The van der Waals surface area contributed by atoms with Crippen LogP contribution in [-0.4, -0.2) is 34.7 Å². The molecule has 0 aliphatic carbocycles. The van der Waals surface area contributed by atoms with Crippen molar-refractivity contribution in [2.75, 3.05) is 13.2 Å². The highest BCUT2D eigenvalue weighted by molar-refractivity contribution is 5.79. The number of amides is 1. The van der Waals surface area contributed by atoms with Crippen molar-refractivity contribution in [2.24, 2.45) is 0 Å². The third kappa shape index (κ3) is 3.58. The van der Waals surface area contributed by atoms with Crippen LogP contribution >= 0.6 is 0 Å². The molecule has 2 heterocycles. The van der Waals surface area contributed by atoms with Crippen molar-refractivity contribution in [2.45, 2.75) is 25.9 Å². The molecule has 1 aliphatic heterocycles. The van der Waals surface area contributed by atoms with Crippen LogP contribution < -0.4 is 14.8 Å². The Morgan fingerprint density at radius 2 is 2.18 bits per heavy atom. The van der Waals surface area contributed by atoms with Crippen LogP contribution in [0.5, 0.6) is 11.5 Å². The van der Waals surface area contributed by atoms with Gasteiger partial charge in [-0.2, -0.15) is 0 Å². The maximum atomic E-state index is 12.1. The van der Waals surface area contributed by atoms with Gasteiger partial charge in [0, 0.05) is 25.0 Å². The maximum absolute atomic E-state index is 12.1. The Morgan fingerprint density at radius 3 is 2.95 bits per heavy atom. The molecular weight excluding hydrogens is 282 g/mol. The van der Waals surface area contributed by atoms with E-state index in [0.717, 1.165) is 11.3 Å². The van der Waals surface area contributed by atoms with Gasteiger partial charge in [-0.25, -0.2) is 4.98 Å². The Kier molecular flexibility index (Phi) is 4.27. The summed E-state index contributed by atoms with van der Waals surface area (Å²) in [5.41, 5.74) is 0.914.